The van der Waals surface area contributed by atoms with Crippen LogP contribution in [0.5, 0.6) is 5.75 Å². The van der Waals surface area contributed by atoms with Gasteiger partial charge >= 0.3 is 0 Å². The van der Waals surface area contributed by atoms with Crippen molar-refractivity contribution in [1.82, 2.24) is 0 Å². The number of allylic oxidation sites excluding steroid dienone is 2. The molecule has 5 heteroatoms. The fourth-order valence-electron chi connectivity index (χ4n) is 5.54. The van der Waals surface area contributed by atoms with E-state index in [4.69, 9.17) is 4.74 Å². The fraction of sp³-hybridized carbons (Fsp3) is 0.697. The maximum absolute atomic E-state index is 13.9. The number of benzene rings is 1. The molecule has 0 bridgehead atoms. The molecule has 0 fully saturated rings. The number of hydrogen-bond donors (Lipinski definition) is 2. The first-order valence-electron chi connectivity index (χ1n) is 14.7. The van der Waals surface area contributed by atoms with E-state index in [-0.39, 0.29) is 28.8 Å². The van der Waals surface area contributed by atoms with Gasteiger partial charge in [0.15, 0.2) is 11.5 Å². The lowest BCUT2D eigenvalue weighted by Crippen LogP contribution is -2.27. The average Bonchev–Trinajstić information content (AvgIpc) is 2.85. The van der Waals surface area contributed by atoms with Gasteiger partial charge in [0.05, 0.1) is 18.8 Å². The highest BCUT2D eigenvalue weighted by molar-refractivity contribution is 6.28. The van der Waals surface area contributed by atoms with Gasteiger partial charge in [-0.25, -0.2) is 0 Å². The van der Waals surface area contributed by atoms with Gasteiger partial charge in [-0.05, 0) is 92.7 Å². The van der Waals surface area contributed by atoms with Crippen molar-refractivity contribution < 1.29 is 24.5 Å². The Balaban J connectivity index is 2.21. The Hall–Kier alpha value is -2.14. The number of ether oxygens (including phenoxy) is 1. The number of rotatable bonds is 15. The predicted molar refractivity (Wildman–Crippen MR) is 155 cm³/mol. The summed E-state index contributed by atoms with van der Waals surface area (Å²) in [6.45, 7) is 16.7. The van der Waals surface area contributed by atoms with Crippen molar-refractivity contribution in [1.29, 1.82) is 0 Å². The van der Waals surface area contributed by atoms with Crippen LogP contribution >= 0.6 is 0 Å². The Labute approximate surface area is 231 Å². The van der Waals surface area contributed by atoms with E-state index in [1.165, 1.54) is 26.4 Å². The number of Topliss-reactive ketones (excluding diaryl/α,β-unsaturated/α-hetero) is 2. The van der Waals surface area contributed by atoms with Crippen LogP contribution in [0, 0.1) is 37.5 Å². The third-order valence-electron chi connectivity index (χ3n) is 8.48. The number of aromatic hydroxyl groups is 1. The SMILES string of the molecule is COC1=C(CCC(C)C(O)CCC(C)CCCC(C)C)C(=O)c2c(CCC(C)C)c(C)c(C)c(O)c2C1=O. The largest absolute Gasteiger partial charge is 0.507 e. The van der Waals surface area contributed by atoms with Gasteiger partial charge in [-0.15, -0.1) is 0 Å². The van der Waals surface area contributed by atoms with Crippen LogP contribution < -0.4 is 0 Å². The fourth-order valence-corrected chi connectivity index (χ4v) is 5.54. The van der Waals surface area contributed by atoms with E-state index >= 15 is 0 Å². The molecule has 0 aliphatic heterocycles. The van der Waals surface area contributed by atoms with Crippen LogP contribution in [0.15, 0.2) is 11.3 Å². The molecule has 38 heavy (non-hydrogen) atoms. The van der Waals surface area contributed by atoms with Crippen LogP contribution in [-0.2, 0) is 11.2 Å². The first-order valence-corrected chi connectivity index (χ1v) is 14.7. The van der Waals surface area contributed by atoms with Gasteiger partial charge < -0.3 is 14.9 Å². The highest BCUT2D eigenvalue weighted by atomic mass is 16.5. The first-order chi connectivity index (χ1) is 17.8. The number of aliphatic hydroxyl groups excluding tert-OH is 1. The number of carbonyl (C=O) groups is 2. The monoisotopic (exact) mass is 528 g/mol. The Morgan fingerprint density at radius 2 is 1.37 bits per heavy atom. The summed E-state index contributed by atoms with van der Waals surface area (Å²) in [4.78, 5) is 27.4. The number of phenols is 1. The van der Waals surface area contributed by atoms with Gasteiger partial charge in [0, 0.05) is 11.1 Å². The van der Waals surface area contributed by atoms with Crippen LogP contribution in [0.4, 0.5) is 0 Å². The van der Waals surface area contributed by atoms with Crippen molar-refractivity contribution in [3.63, 3.8) is 0 Å². The third kappa shape index (κ3) is 7.71. The van der Waals surface area contributed by atoms with E-state index < -0.39 is 11.9 Å². The smallest absolute Gasteiger partial charge is 0.232 e. The van der Waals surface area contributed by atoms with Crippen LogP contribution in [0.2, 0.25) is 0 Å². The molecule has 3 unspecified atom stereocenters. The summed E-state index contributed by atoms with van der Waals surface area (Å²) >= 11 is 0. The topological polar surface area (TPSA) is 83.8 Å². The minimum atomic E-state index is -0.452. The second-order valence-corrected chi connectivity index (χ2v) is 12.5. The van der Waals surface area contributed by atoms with E-state index in [9.17, 15) is 19.8 Å². The minimum absolute atomic E-state index is 0.0127. The van der Waals surface area contributed by atoms with Gasteiger partial charge in [-0.3, -0.25) is 9.59 Å². The number of aliphatic hydroxyl groups is 1. The molecule has 214 valence electrons. The van der Waals surface area contributed by atoms with Crippen LogP contribution in [0.1, 0.15) is 130 Å². The van der Waals surface area contributed by atoms with Gasteiger partial charge in [-0.2, -0.15) is 0 Å². The van der Waals surface area contributed by atoms with Crippen LogP contribution in [-0.4, -0.2) is 35.0 Å². The molecule has 1 aliphatic rings. The molecule has 0 spiro atoms. The Kier molecular flexibility index (Phi) is 12.1. The molecule has 5 nitrogen and oxygen atoms in total. The van der Waals surface area contributed by atoms with Crippen molar-refractivity contribution in [3.05, 3.63) is 39.1 Å². The number of ketones is 2. The van der Waals surface area contributed by atoms with E-state index in [1.807, 2.05) is 13.8 Å². The zero-order chi connectivity index (χ0) is 28.7. The third-order valence-corrected chi connectivity index (χ3v) is 8.48. The van der Waals surface area contributed by atoms with Gasteiger partial charge in [0.2, 0.25) is 5.78 Å². The molecule has 0 saturated carbocycles. The minimum Gasteiger partial charge on any atom is -0.507 e. The zero-order valence-electron chi connectivity index (χ0n) is 25.4. The molecular formula is C33H52O5. The Bertz CT molecular complexity index is 1020. The average molecular weight is 529 g/mol. The van der Waals surface area contributed by atoms with Gasteiger partial charge in [-0.1, -0.05) is 60.8 Å². The molecule has 3 atom stereocenters. The number of hydrogen-bond acceptors (Lipinski definition) is 5. The van der Waals surface area contributed by atoms with Crippen molar-refractivity contribution >= 4 is 11.6 Å². The highest BCUT2D eigenvalue weighted by Gasteiger charge is 2.38. The number of methoxy groups -OCH3 is 1. The molecule has 1 aromatic carbocycles. The standard InChI is InChI=1S/C33H52O5/c1-19(2)11-10-12-21(5)14-18-27(34)22(6)15-17-26-31(36)28-25(16-13-20(3)4)23(7)24(8)30(35)29(28)32(37)33(26)38-9/h19-22,27,34-35H,10-18H2,1-9H3. The molecule has 1 aromatic rings. The summed E-state index contributed by atoms with van der Waals surface area (Å²) in [5.41, 5.74) is 3.15. The highest BCUT2D eigenvalue weighted by Crippen LogP contribution is 2.41. The van der Waals surface area contributed by atoms with Crippen molar-refractivity contribution in [2.45, 2.75) is 119 Å². The summed E-state index contributed by atoms with van der Waals surface area (Å²) in [5, 5.41) is 21.8. The van der Waals surface area contributed by atoms with E-state index in [1.54, 1.807) is 6.92 Å². The lowest BCUT2D eigenvalue weighted by molar-refractivity contribution is 0.0877. The molecule has 0 saturated heterocycles. The Morgan fingerprint density at radius 1 is 0.737 bits per heavy atom. The lowest BCUT2D eigenvalue weighted by Gasteiger charge is -2.27. The molecule has 0 aromatic heterocycles. The summed E-state index contributed by atoms with van der Waals surface area (Å²) < 4.78 is 5.47. The van der Waals surface area contributed by atoms with E-state index in [0.717, 1.165) is 36.3 Å². The summed E-state index contributed by atoms with van der Waals surface area (Å²) in [7, 11) is 1.40. The van der Waals surface area contributed by atoms with E-state index in [0.29, 0.717) is 47.8 Å². The Morgan fingerprint density at radius 3 is 1.95 bits per heavy atom. The molecule has 1 aliphatic carbocycles. The quantitative estimate of drug-likeness (QED) is 0.242. The summed E-state index contributed by atoms with van der Waals surface area (Å²) in [6, 6.07) is 0. The number of fused-ring (bicyclic) bond motifs is 1. The maximum Gasteiger partial charge on any atom is 0.232 e. The van der Waals surface area contributed by atoms with Crippen LogP contribution in [0.3, 0.4) is 0 Å². The molecule has 0 amide bonds. The van der Waals surface area contributed by atoms with E-state index in [2.05, 4.69) is 34.6 Å². The molecule has 0 heterocycles. The molecule has 2 N–H and O–H groups in total. The first kappa shape index (κ1) is 32.1. The summed E-state index contributed by atoms with van der Waals surface area (Å²) in [5.74, 6) is 0.987. The van der Waals surface area contributed by atoms with Crippen molar-refractivity contribution in [2.75, 3.05) is 7.11 Å². The number of carbonyl (C=O) groups excluding carboxylic acids is 2. The van der Waals surface area contributed by atoms with Crippen molar-refractivity contribution in [2.24, 2.45) is 23.7 Å². The predicted octanol–water partition coefficient (Wildman–Crippen LogP) is 7.90. The normalized spacial score (nSPS) is 16.3. The molecule has 0 radical (unpaired) electrons. The summed E-state index contributed by atoms with van der Waals surface area (Å²) in [6.07, 6.45) is 7.41. The second kappa shape index (κ2) is 14.3. The van der Waals surface area contributed by atoms with Crippen LogP contribution in [0.25, 0.3) is 0 Å². The number of phenolic OH excluding ortho intramolecular Hbond substituents is 1. The molecular weight excluding hydrogens is 476 g/mol. The van der Waals surface area contributed by atoms with Gasteiger partial charge in [0.25, 0.3) is 0 Å². The second-order valence-electron chi connectivity index (χ2n) is 12.5. The lowest BCUT2D eigenvalue weighted by atomic mass is 9.78. The zero-order valence-corrected chi connectivity index (χ0v) is 25.4. The molecule has 2 rings (SSSR count). The van der Waals surface area contributed by atoms with Gasteiger partial charge in [0.1, 0.15) is 5.75 Å². The maximum atomic E-state index is 13.9. The van der Waals surface area contributed by atoms with Crippen molar-refractivity contribution in [3.8, 4) is 5.75 Å².